The molecule has 1 aromatic carbocycles. The van der Waals surface area contributed by atoms with Crippen LogP contribution in [0.4, 0.5) is 11.6 Å². The van der Waals surface area contributed by atoms with Crippen LogP contribution < -0.4 is 10.9 Å². The van der Waals surface area contributed by atoms with E-state index in [2.05, 4.69) is 21.4 Å². The summed E-state index contributed by atoms with van der Waals surface area (Å²) in [6.45, 7) is 0.749. The number of nitrogens with one attached hydrogen (secondary N) is 2. The summed E-state index contributed by atoms with van der Waals surface area (Å²) in [5.74, 6) is 0.675. The van der Waals surface area contributed by atoms with E-state index in [1.807, 2.05) is 22.8 Å². The molecule has 0 aliphatic carbocycles. The third-order valence-electron chi connectivity index (χ3n) is 2.41. The molecule has 1 aliphatic heterocycles. The van der Waals surface area contributed by atoms with Gasteiger partial charge in [-0.3, -0.25) is 9.98 Å². The zero-order valence-electron chi connectivity index (χ0n) is 7.94. The predicted octanol–water partition coefficient (Wildman–Crippen LogP) is 0.863. The lowest BCUT2D eigenvalue weighted by molar-refractivity contribution is 0.713. The molecule has 2 aromatic rings. The Morgan fingerprint density at radius 3 is 3.13 bits per heavy atom. The zero-order chi connectivity index (χ0) is 10.3. The second kappa shape index (κ2) is 2.91. The summed E-state index contributed by atoms with van der Waals surface area (Å²) >= 11 is 0. The van der Waals surface area contributed by atoms with E-state index in [9.17, 15) is 0 Å². The number of nitrogens with zero attached hydrogens (tertiary/aromatic N) is 3. The molecule has 1 aliphatic rings. The van der Waals surface area contributed by atoms with Gasteiger partial charge in [-0.15, -0.1) is 0 Å². The molecule has 0 unspecified atom stereocenters. The molecule has 0 saturated carbocycles. The fourth-order valence-corrected chi connectivity index (χ4v) is 1.67. The Hall–Kier alpha value is -2.17. The Labute approximate surface area is 86.0 Å². The van der Waals surface area contributed by atoms with Crippen molar-refractivity contribution in [3.8, 4) is 0 Å². The molecular formula is C10H9N5. The third kappa shape index (κ3) is 1.28. The predicted molar refractivity (Wildman–Crippen MR) is 54.7 cm³/mol. The van der Waals surface area contributed by atoms with Crippen LogP contribution in [0.1, 0.15) is 5.56 Å². The molecule has 15 heavy (non-hydrogen) atoms. The van der Waals surface area contributed by atoms with Crippen LogP contribution >= 0.6 is 0 Å². The lowest BCUT2D eigenvalue weighted by Gasteiger charge is -2.21. The largest absolute Gasteiger partial charge is 0.325 e. The van der Waals surface area contributed by atoms with Gasteiger partial charge in [0.1, 0.15) is 6.33 Å². The van der Waals surface area contributed by atoms with E-state index in [-0.39, 0.29) is 5.62 Å². The van der Waals surface area contributed by atoms with Crippen molar-refractivity contribution in [2.45, 2.75) is 6.54 Å². The number of fused-ring (bicyclic) bond motifs is 2. The van der Waals surface area contributed by atoms with Gasteiger partial charge in [-0.2, -0.15) is 4.98 Å². The first kappa shape index (κ1) is 8.16. The van der Waals surface area contributed by atoms with Gasteiger partial charge in [0.15, 0.2) is 0 Å². The normalized spacial score (nSPS) is 12.5. The van der Waals surface area contributed by atoms with Crippen molar-refractivity contribution in [3.63, 3.8) is 0 Å². The summed E-state index contributed by atoms with van der Waals surface area (Å²) in [7, 11) is 0. The molecular weight excluding hydrogens is 190 g/mol. The van der Waals surface area contributed by atoms with Crippen molar-refractivity contribution in [2.24, 2.45) is 0 Å². The minimum absolute atomic E-state index is 0.0353. The molecule has 0 saturated heterocycles. The van der Waals surface area contributed by atoms with Crippen molar-refractivity contribution in [1.29, 1.82) is 5.41 Å². The van der Waals surface area contributed by atoms with Crippen molar-refractivity contribution in [3.05, 3.63) is 41.8 Å². The van der Waals surface area contributed by atoms with Crippen LogP contribution in [0, 0.1) is 5.41 Å². The van der Waals surface area contributed by atoms with Gasteiger partial charge < -0.3 is 5.32 Å². The molecule has 74 valence electrons. The first-order valence-electron chi connectivity index (χ1n) is 4.66. The monoisotopic (exact) mass is 199 g/mol. The van der Waals surface area contributed by atoms with Gasteiger partial charge in [0.2, 0.25) is 11.6 Å². The average Bonchev–Trinajstić information content (AvgIpc) is 2.26. The Kier molecular flexibility index (Phi) is 1.58. The number of hydrogen-bond acceptors (Lipinski definition) is 4. The smallest absolute Gasteiger partial charge is 0.246 e. The first-order valence-corrected chi connectivity index (χ1v) is 4.66. The van der Waals surface area contributed by atoms with Crippen molar-refractivity contribution in [1.82, 2.24) is 14.5 Å². The van der Waals surface area contributed by atoms with Crippen molar-refractivity contribution in [2.75, 3.05) is 5.32 Å². The van der Waals surface area contributed by atoms with E-state index in [1.54, 1.807) is 6.33 Å². The maximum Gasteiger partial charge on any atom is 0.246 e. The SMILES string of the molecule is N=c1ncn2c(n1)Nc1ccccc1C2. The quantitative estimate of drug-likeness (QED) is 0.564. The van der Waals surface area contributed by atoms with Crippen LogP contribution in [-0.4, -0.2) is 14.5 Å². The molecule has 0 spiro atoms. The van der Waals surface area contributed by atoms with Gasteiger partial charge >= 0.3 is 0 Å². The second-order valence-electron chi connectivity index (χ2n) is 3.41. The highest BCUT2D eigenvalue weighted by Crippen LogP contribution is 2.24. The minimum Gasteiger partial charge on any atom is -0.325 e. The van der Waals surface area contributed by atoms with E-state index >= 15 is 0 Å². The third-order valence-corrected chi connectivity index (χ3v) is 2.41. The molecule has 1 aromatic heterocycles. The lowest BCUT2D eigenvalue weighted by Crippen LogP contribution is -2.22. The van der Waals surface area contributed by atoms with Crippen LogP contribution in [0.25, 0.3) is 0 Å². The van der Waals surface area contributed by atoms with Crippen LogP contribution in [0.3, 0.4) is 0 Å². The Bertz CT molecular complexity index is 572. The van der Waals surface area contributed by atoms with Gasteiger partial charge in [-0.05, 0) is 11.6 Å². The first-order chi connectivity index (χ1) is 7.33. The van der Waals surface area contributed by atoms with Crippen LogP contribution in [0.15, 0.2) is 30.6 Å². The number of hydrogen-bond donors (Lipinski definition) is 2. The van der Waals surface area contributed by atoms with Crippen LogP contribution in [-0.2, 0) is 6.54 Å². The number of rotatable bonds is 0. The summed E-state index contributed by atoms with van der Waals surface area (Å²) in [6, 6.07) is 8.05. The summed E-state index contributed by atoms with van der Waals surface area (Å²) in [6.07, 6.45) is 1.63. The lowest BCUT2D eigenvalue weighted by atomic mass is 10.1. The molecule has 0 atom stereocenters. The van der Waals surface area contributed by atoms with Gasteiger partial charge in [0.25, 0.3) is 0 Å². The highest BCUT2D eigenvalue weighted by molar-refractivity contribution is 5.61. The van der Waals surface area contributed by atoms with Gasteiger partial charge in [-0.25, -0.2) is 4.98 Å². The standard InChI is InChI=1S/C10H9N5/c11-9-12-6-15-5-7-3-1-2-4-8(7)13-10(15)14-9/h1-4,6H,5H2,(H2,11,13,14). The highest BCUT2D eigenvalue weighted by Gasteiger charge is 2.13. The summed E-state index contributed by atoms with van der Waals surface area (Å²) in [5, 5.41) is 10.5. The van der Waals surface area contributed by atoms with Crippen molar-refractivity contribution >= 4 is 11.6 Å². The molecule has 5 nitrogen and oxygen atoms in total. The number of anilines is 2. The average molecular weight is 199 g/mol. The van der Waals surface area contributed by atoms with Gasteiger partial charge in [0, 0.05) is 5.69 Å². The van der Waals surface area contributed by atoms with E-state index in [4.69, 9.17) is 5.41 Å². The summed E-state index contributed by atoms with van der Waals surface area (Å²) in [5.41, 5.74) is 2.29. The molecule has 2 N–H and O–H groups in total. The Morgan fingerprint density at radius 1 is 1.33 bits per heavy atom. The number of aromatic nitrogens is 3. The molecule has 5 heteroatoms. The fraction of sp³-hybridized carbons (Fsp3) is 0.100. The van der Waals surface area contributed by atoms with Crippen LogP contribution in [0.5, 0.6) is 0 Å². The highest BCUT2D eigenvalue weighted by atomic mass is 15.2. The zero-order valence-corrected chi connectivity index (χ0v) is 7.94. The maximum atomic E-state index is 7.34. The van der Waals surface area contributed by atoms with E-state index < -0.39 is 0 Å². The Morgan fingerprint density at radius 2 is 2.20 bits per heavy atom. The van der Waals surface area contributed by atoms with E-state index in [0.717, 1.165) is 12.2 Å². The minimum atomic E-state index is 0.0353. The molecule has 0 fully saturated rings. The molecule has 2 heterocycles. The van der Waals surface area contributed by atoms with E-state index in [1.165, 1.54) is 5.56 Å². The number of benzene rings is 1. The Balaban J connectivity index is 2.15. The second-order valence-corrected chi connectivity index (χ2v) is 3.41. The maximum absolute atomic E-state index is 7.34. The fourth-order valence-electron chi connectivity index (χ4n) is 1.67. The van der Waals surface area contributed by atoms with Gasteiger partial charge in [-0.1, -0.05) is 18.2 Å². The van der Waals surface area contributed by atoms with E-state index in [0.29, 0.717) is 5.95 Å². The van der Waals surface area contributed by atoms with Gasteiger partial charge in [0.05, 0.1) is 6.54 Å². The number of para-hydroxylation sites is 1. The summed E-state index contributed by atoms with van der Waals surface area (Å²) < 4.78 is 1.89. The summed E-state index contributed by atoms with van der Waals surface area (Å²) in [4.78, 5) is 7.86. The van der Waals surface area contributed by atoms with Crippen molar-refractivity contribution < 1.29 is 0 Å². The molecule has 0 bridgehead atoms. The molecule has 3 rings (SSSR count). The topological polar surface area (TPSA) is 66.6 Å². The molecule has 0 amide bonds. The molecule has 0 radical (unpaired) electrons. The van der Waals surface area contributed by atoms with Crippen LogP contribution in [0.2, 0.25) is 0 Å².